The van der Waals surface area contributed by atoms with E-state index in [9.17, 15) is 27.2 Å². The Morgan fingerprint density at radius 2 is 1.67 bits per heavy atom. The van der Waals surface area contributed by atoms with E-state index in [0.717, 1.165) is 25.7 Å². The number of nitrogens with zero attached hydrogens (tertiary/aromatic N) is 1. The molecular weight excluding hydrogens is 292 g/mol. The molecule has 1 aliphatic heterocycles. The van der Waals surface area contributed by atoms with Crippen molar-refractivity contribution in [1.29, 1.82) is 0 Å². The van der Waals surface area contributed by atoms with Gasteiger partial charge in [0.2, 0.25) is 5.91 Å². The fourth-order valence-corrected chi connectivity index (χ4v) is 3.09. The molecule has 8 heteroatoms. The van der Waals surface area contributed by atoms with E-state index in [-0.39, 0.29) is 0 Å². The van der Waals surface area contributed by atoms with Gasteiger partial charge in [0.05, 0.1) is 6.54 Å². The van der Waals surface area contributed by atoms with Crippen LogP contribution in [0.2, 0.25) is 0 Å². The first kappa shape index (κ1) is 16.0. The van der Waals surface area contributed by atoms with Crippen molar-refractivity contribution in [2.24, 2.45) is 11.8 Å². The van der Waals surface area contributed by atoms with Crippen molar-refractivity contribution in [2.75, 3.05) is 19.6 Å². The molecule has 4 nitrogen and oxygen atoms in total. The monoisotopic (exact) mass is 310 g/mol. The van der Waals surface area contributed by atoms with E-state index in [4.69, 9.17) is 0 Å². The zero-order chi connectivity index (χ0) is 15.6. The maximum Gasteiger partial charge on any atom is 0.383 e. The van der Waals surface area contributed by atoms with Gasteiger partial charge < -0.3 is 10.2 Å². The minimum Gasteiger partial charge on any atom is -0.342 e. The normalized spacial score (nSPS) is 25.9. The van der Waals surface area contributed by atoms with Crippen molar-refractivity contribution in [3.8, 4) is 0 Å². The molecule has 0 radical (unpaired) electrons. The van der Waals surface area contributed by atoms with Crippen LogP contribution in [-0.4, -0.2) is 48.7 Å². The molecule has 1 heterocycles. The summed E-state index contributed by atoms with van der Waals surface area (Å²) in [6, 6.07) is 0. The minimum absolute atomic E-state index is 0.431. The predicted molar refractivity (Wildman–Crippen MR) is 66.0 cm³/mol. The van der Waals surface area contributed by atoms with Gasteiger partial charge in [-0.1, -0.05) is 12.8 Å². The lowest BCUT2D eigenvalue weighted by molar-refractivity contribution is -0.169. The minimum atomic E-state index is -4.76. The molecule has 2 rings (SSSR count). The van der Waals surface area contributed by atoms with Gasteiger partial charge in [-0.25, -0.2) is 8.78 Å². The molecule has 2 amide bonds. The first-order chi connectivity index (χ1) is 9.82. The summed E-state index contributed by atoms with van der Waals surface area (Å²) >= 11 is 0. The number of carbonyl (C=O) groups excluding carboxylic acids is 2. The molecule has 1 saturated carbocycles. The second-order valence-electron chi connectivity index (χ2n) is 5.71. The highest BCUT2D eigenvalue weighted by atomic mass is 19.3. The lowest BCUT2D eigenvalue weighted by atomic mass is 9.82. The summed E-state index contributed by atoms with van der Waals surface area (Å²) < 4.78 is 49.4. The van der Waals surface area contributed by atoms with Crippen LogP contribution in [-0.2, 0) is 9.59 Å². The summed E-state index contributed by atoms with van der Waals surface area (Å²) in [5.41, 5.74) is 0. The Labute approximate surface area is 119 Å². The topological polar surface area (TPSA) is 49.4 Å². The fraction of sp³-hybridized carbons (Fsp3) is 0.846. The quantitative estimate of drug-likeness (QED) is 0.803. The van der Waals surface area contributed by atoms with Crippen molar-refractivity contribution in [3.05, 3.63) is 0 Å². The number of rotatable bonds is 4. The van der Waals surface area contributed by atoms with Crippen LogP contribution in [0.15, 0.2) is 0 Å². The number of likely N-dealkylation sites (tertiary alicyclic amines) is 1. The van der Waals surface area contributed by atoms with Crippen molar-refractivity contribution < 1.29 is 27.2 Å². The molecule has 1 saturated heterocycles. The van der Waals surface area contributed by atoms with E-state index >= 15 is 0 Å². The summed E-state index contributed by atoms with van der Waals surface area (Å²) in [6.45, 7) is 0.454. The van der Waals surface area contributed by atoms with Crippen LogP contribution >= 0.6 is 0 Å². The third-order valence-corrected chi connectivity index (χ3v) is 4.31. The lowest BCUT2D eigenvalue weighted by Crippen LogP contribution is -2.48. The Morgan fingerprint density at radius 3 is 2.14 bits per heavy atom. The molecular formula is C13H18F4N2O2. The van der Waals surface area contributed by atoms with E-state index in [1.807, 2.05) is 0 Å². The van der Waals surface area contributed by atoms with Crippen LogP contribution in [0.4, 0.5) is 17.6 Å². The van der Waals surface area contributed by atoms with Crippen LogP contribution < -0.4 is 5.32 Å². The number of alkyl halides is 4. The van der Waals surface area contributed by atoms with Crippen molar-refractivity contribution in [2.45, 2.75) is 38.0 Å². The molecule has 2 aliphatic rings. The highest BCUT2D eigenvalue weighted by Crippen LogP contribution is 2.35. The third kappa shape index (κ3) is 3.47. The SMILES string of the molecule is O=C(CNC(=O)C(F)(F)C(F)F)N1CC2CCCCC2C1. The molecule has 0 aromatic carbocycles. The molecule has 0 bridgehead atoms. The Morgan fingerprint density at radius 1 is 1.14 bits per heavy atom. The van der Waals surface area contributed by atoms with Crippen LogP contribution in [0, 0.1) is 11.8 Å². The average Bonchev–Trinajstić information content (AvgIpc) is 2.87. The number of hydrogen-bond acceptors (Lipinski definition) is 2. The first-order valence-corrected chi connectivity index (χ1v) is 7.04. The molecule has 120 valence electrons. The summed E-state index contributed by atoms with van der Waals surface area (Å²) in [7, 11) is 0. The van der Waals surface area contributed by atoms with Gasteiger partial charge in [-0.05, 0) is 24.7 Å². The molecule has 2 unspecified atom stereocenters. The molecule has 1 aliphatic carbocycles. The van der Waals surface area contributed by atoms with Gasteiger partial charge in [0.15, 0.2) is 0 Å². The standard InChI is InChI=1S/C13H18F4N2O2/c14-11(15)13(16,17)12(21)18-5-10(20)19-6-8-3-1-2-4-9(8)7-19/h8-9,11H,1-7H2,(H,18,21). The van der Waals surface area contributed by atoms with Crippen LogP contribution in [0.3, 0.4) is 0 Å². The number of halogens is 4. The lowest BCUT2D eigenvalue weighted by Gasteiger charge is -2.22. The van der Waals surface area contributed by atoms with E-state index in [1.165, 1.54) is 4.90 Å². The van der Waals surface area contributed by atoms with Crippen LogP contribution in [0.5, 0.6) is 0 Å². The molecule has 0 aromatic heterocycles. The van der Waals surface area contributed by atoms with Gasteiger partial charge in [0, 0.05) is 13.1 Å². The second kappa shape index (κ2) is 6.19. The largest absolute Gasteiger partial charge is 0.383 e. The van der Waals surface area contributed by atoms with Crippen molar-refractivity contribution in [1.82, 2.24) is 10.2 Å². The number of carbonyl (C=O) groups is 2. The van der Waals surface area contributed by atoms with Crippen LogP contribution in [0.25, 0.3) is 0 Å². The summed E-state index contributed by atoms with van der Waals surface area (Å²) in [5.74, 6) is -6.51. The summed E-state index contributed by atoms with van der Waals surface area (Å²) in [6.07, 6.45) is 0.262. The third-order valence-electron chi connectivity index (χ3n) is 4.31. The van der Waals surface area contributed by atoms with Gasteiger partial charge in [-0.3, -0.25) is 9.59 Å². The average molecular weight is 310 g/mol. The van der Waals surface area contributed by atoms with E-state index < -0.39 is 30.7 Å². The van der Waals surface area contributed by atoms with Gasteiger partial charge >= 0.3 is 12.3 Å². The highest BCUT2D eigenvalue weighted by molar-refractivity contribution is 5.88. The number of fused-ring (bicyclic) bond motifs is 1. The highest BCUT2D eigenvalue weighted by Gasteiger charge is 2.49. The molecule has 21 heavy (non-hydrogen) atoms. The molecule has 1 N–H and O–H groups in total. The van der Waals surface area contributed by atoms with Crippen molar-refractivity contribution in [3.63, 3.8) is 0 Å². The van der Waals surface area contributed by atoms with Gasteiger partial charge in [0.25, 0.3) is 5.91 Å². The molecule has 0 spiro atoms. The maximum atomic E-state index is 12.7. The maximum absolute atomic E-state index is 12.7. The smallest absolute Gasteiger partial charge is 0.342 e. The van der Waals surface area contributed by atoms with Gasteiger partial charge in [-0.15, -0.1) is 0 Å². The van der Waals surface area contributed by atoms with E-state index in [2.05, 4.69) is 0 Å². The Kier molecular flexibility index (Phi) is 4.73. The van der Waals surface area contributed by atoms with E-state index in [0.29, 0.717) is 24.9 Å². The fourth-order valence-electron chi connectivity index (χ4n) is 3.09. The Hall–Kier alpha value is -1.34. The number of hydrogen-bond donors (Lipinski definition) is 1. The van der Waals surface area contributed by atoms with Crippen molar-refractivity contribution >= 4 is 11.8 Å². The Bertz CT molecular complexity index is 403. The Balaban J connectivity index is 1.81. The van der Waals surface area contributed by atoms with Gasteiger partial charge in [-0.2, -0.15) is 8.78 Å². The number of nitrogens with one attached hydrogen (secondary N) is 1. The summed E-state index contributed by atoms with van der Waals surface area (Å²) in [4.78, 5) is 24.4. The number of amides is 2. The van der Waals surface area contributed by atoms with Gasteiger partial charge in [0.1, 0.15) is 0 Å². The molecule has 0 aromatic rings. The molecule has 2 atom stereocenters. The van der Waals surface area contributed by atoms with E-state index in [1.54, 1.807) is 5.32 Å². The van der Waals surface area contributed by atoms with Crippen LogP contribution in [0.1, 0.15) is 25.7 Å². The zero-order valence-electron chi connectivity index (χ0n) is 11.5. The predicted octanol–water partition coefficient (Wildman–Crippen LogP) is 1.65. The first-order valence-electron chi connectivity index (χ1n) is 7.04. The zero-order valence-corrected chi connectivity index (χ0v) is 11.5. The summed E-state index contributed by atoms with van der Waals surface area (Å²) in [5, 5.41) is 1.60. The molecule has 2 fully saturated rings. The second-order valence-corrected chi connectivity index (χ2v) is 5.71.